The van der Waals surface area contributed by atoms with Crippen molar-refractivity contribution in [2.45, 2.75) is 44.7 Å². The number of nitrogens with zero attached hydrogens (tertiary/aromatic N) is 3. The Morgan fingerprint density at radius 1 is 1.09 bits per heavy atom. The van der Waals surface area contributed by atoms with E-state index in [1.807, 2.05) is 12.1 Å². The summed E-state index contributed by atoms with van der Waals surface area (Å²) in [4.78, 5) is 9.76. The Labute approximate surface area is 143 Å². The molecule has 4 heteroatoms. The Hall–Kier alpha value is -1.32. The topological polar surface area (TPSA) is 19.4 Å². The van der Waals surface area contributed by atoms with Gasteiger partial charge in [-0.3, -0.25) is 4.90 Å². The number of hydrogen-bond acceptors (Lipinski definition) is 3. The summed E-state index contributed by atoms with van der Waals surface area (Å²) in [5.74, 6) is 1.03. The van der Waals surface area contributed by atoms with Crippen LogP contribution in [0, 0.1) is 0 Å². The van der Waals surface area contributed by atoms with Crippen molar-refractivity contribution in [3.05, 3.63) is 35.5 Å². The fourth-order valence-electron chi connectivity index (χ4n) is 4.23. The highest BCUT2D eigenvalue weighted by atomic mass is 35.5. The zero-order chi connectivity index (χ0) is 15.8. The second kappa shape index (κ2) is 6.29. The Kier molecular flexibility index (Phi) is 4.16. The van der Waals surface area contributed by atoms with E-state index in [9.17, 15) is 0 Å². The van der Waals surface area contributed by atoms with Gasteiger partial charge in [-0.1, -0.05) is 35.9 Å². The van der Waals surface area contributed by atoms with Gasteiger partial charge in [0.1, 0.15) is 11.0 Å². The lowest BCUT2D eigenvalue weighted by Gasteiger charge is -2.39. The Morgan fingerprint density at radius 3 is 2.61 bits per heavy atom. The van der Waals surface area contributed by atoms with Crippen LogP contribution in [0.15, 0.2) is 30.3 Å². The number of fused-ring (bicyclic) bond motifs is 1. The first-order valence-electron chi connectivity index (χ1n) is 8.78. The first kappa shape index (κ1) is 15.2. The summed E-state index contributed by atoms with van der Waals surface area (Å²) in [6.45, 7) is 5.82. The molecule has 4 rings (SSSR count). The molecule has 2 saturated heterocycles. The van der Waals surface area contributed by atoms with Gasteiger partial charge in [-0.15, -0.1) is 0 Å². The number of anilines is 1. The minimum absolute atomic E-state index is 0.619. The van der Waals surface area contributed by atoms with Crippen LogP contribution in [0.1, 0.15) is 32.6 Å². The number of benzene rings is 1. The van der Waals surface area contributed by atoms with Crippen LogP contribution in [0.3, 0.4) is 0 Å². The largest absolute Gasteiger partial charge is 0.356 e. The smallest absolute Gasteiger partial charge is 0.139 e. The average molecular weight is 330 g/mol. The summed E-state index contributed by atoms with van der Waals surface area (Å²) in [5, 5.41) is 2.84. The van der Waals surface area contributed by atoms with Crippen LogP contribution in [0.25, 0.3) is 10.8 Å². The number of hydrogen-bond donors (Lipinski definition) is 0. The van der Waals surface area contributed by atoms with E-state index in [0.717, 1.165) is 36.4 Å². The van der Waals surface area contributed by atoms with Gasteiger partial charge in [0.2, 0.25) is 0 Å². The van der Waals surface area contributed by atoms with E-state index in [0.29, 0.717) is 5.15 Å². The van der Waals surface area contributed by atoms with Crippen LogP contribution in [0.5, 0.6) is 0 Å². The van der Waals surface area contributed by atoms with Crippen molar-refractivity contribution in [3.8, 4) is 0 Å². The SMILES string of the molecule is CC1CCCN1C1CCN(c2cc3ccccc3c(Cl)n2)CC1. The highest BCUT2D eigenvalue weighted by molar-refractivity contribution is 6.34. The van der Waals surface area contributed by atoms with Crippen LogP contribution < -0.4 is 4.90 Å². The standard InChI is InChI=1S/C19H24ClN3/c1-14-5-4-10-23(14)16-8-11-22(12-9-16)18-13-15-6-2-3-7-17(15)19(20)21-18/h2-3,6-7,13-14,16H,4-5,8-12H2,1H3. The molecule has 3 nitrogen and oxygen atoms in total. The molecule has 2 fully saturated rings. The molecule has 0 amide bonds. The molecule has 2 aromatic rings. The number of aromatic nitrogens is 1. The molecule has 2 aliphatic rings. The number of likely N-dealkylation sites (tertiary alicyclic amines) is 1. The minimum Gasteiger partial charge on any atom is -0.356 e. The molecule has 2 aliphatic heterocycles. The third-order valence-electron chi connectivity index (χ3n) is 5.54. The van der Waals surface area contributed by atoms with Crippen LogP contribution in [-0.4, -0.2) is 41.6 Å². The number of piperidine rings is 1. The maximum atomic E-state index is 6.39. The molecule has 0 bridgehead atoms. The van der Waals surface area contributed by atoms with Gasteiger partial charge in [0.25, 0.3) is 0 Å². The van der Waals surface area contributed by atoms with Crippen LogP contribution in [0.4, 0.5) is 5.82 Å². The molecule has 0 spiro atoms. The predicted molar refractivity (Wildman–Crippen MR) is 97.4 cm³/mol. The number of halogens is 1. The molecule has 1 aromatic carbocycles. The van der Waals surface area contributed by atoms with E-state index in [-0.39, 0.29) is 0 Å². The molecule has 23 heavy (non-hydrogen) atoms. The van der Waals surface area contributed by atoms with E-state index in [1.54, 1.807) is 0 Å². The summed E-state index contributed by atoms with van der Waals surface area (Å²) < 4.78 is 0. The van der Waals surface area contributed by atoms with Gasteiger partial charge < -0.3 is 4.90 Å². The molecule has 1 aromatic heterocycles. The fraction of sp³-hybridized carbons (Fsp3) is 0.526. The lowest BCUT2D eigenvalue weighted by atomic mass is 10.0. The zero-order valence-electron chi connectivity index (χ0n) is 13.7. The third-order valence-corrected chi connectivity index (χ3v) is 5.83. The lowest BCUT2D eigenvalue weighted by Crippen LogP contribution is -2.46. The zero-order valence-corrected chi connectivity index (χ0v) is 14.5. The van der Waals surface area contributed by atoms with Gasteiger partial charge in [-0.05, 0) is 50.6 Å². The third kappa shape index (κ3) is 2.92. The summed E-state index contributed by atoms with van der Waals surface area (Å²) in [6.07, 6.45) is 5.19. The first-order chi connectivity index (χ1) is 11.2. The van der Waals surface area contributed by atoms with Gasteiger partial charge in [-0.2, -0.15) is 0 Å². The van der Waals surface area contributed by atoms with Gasteiger partial charge in [0.15, 0.2) is 0 Å². The van der Waals surface area contributed by atoms with E-state index < -0.39 is 0 Å². The van der Waals surface area contributed by atoms with Gasteiger partial charge in [0.05, 0.1) is 0 Å². The quantitative estimate of drug-likeness (QED) is 0.764. The Balaban J connectivity index is 1.50. The van der Waals surface area contributed by atoms with Gasteiger partial charge in [0, 0.05) is 30.6 Å². The molecule has 0 aliphatic carbocycles. The minimum atomic E-state index is 0.619. The van der Waals surface area contributed by atoms with Crippen molar-refractivity contribution in [2.24, 2.45) is 0 Å². The van der Waals surface area contributed by atoms with Crippen molar-refractivity contribution in [1.82, 2.24) is 9.88 Å². The summed E-state index contributed by atoms with van der Waals surface area (Å²) >= 11 is 6.39. The van der Waals surface area contributed by atoms with Crippen LogP contribution >= 0.6 is 11.6 Å². The molecule has 1 unspecified atom stereocenters. The summed E-state index contributed by atoms with van der Waals surface area (Å²) in [7, 11) is 0. The molecule has 0 radical (unpaired) electrons. The molecule has 0 N–H and O–H groups in total. The van der Waals surface area contributed by atoms with Crippen molar-refractivity contribution in [3.63, 3.8) is 0 Å². The van der Waals surface area contributed by atoms with E-state index >= 15 is 0 Å². The molecular formula is C19H24ClN3. The van der Waals surface area contributed by atoms with Crippen LogP contribution in [-0.2, 0) is 0 Å². The number of pyridine rings is 1. The van der Waals surface area contributed by atoms with Crippen molar-refractivity contribution in [1.29, 1.82) is 0 Å². The van der Waals surface area contributed by atoms with E-state index in [2.05, 4.69) is 39.9 Å². The first-order valence-corrected chi connectivity index (χ1v) is 9.16. The predicted octanol–water partition coefficient (Wildman–Crippen LogP) is 4.34. The fourth-order valence-corrected chi connectivity index (χ4v) is 4.49. The maximum Gasteiger partial charge on any atom is 0.139 e. The normalized spacial score (nSPS) is 23.7. The molecule has 1 atom stereocenters. The summed E-state index contributed by atoms with van der Waals surface area (Å²) in [5.41, 5.74) is 0. The molecule has 0 saturated carbocycles. The van der Waals surface area contributed by atoms with Crippen molar-refractivity contribution >= 4 is 28.2 Å². The van der Waals surface area contributed by atoms with Crippen molar-refractivity contribution < 1.29 is 0 Å². The Morgan fingerprint density at radius 2 is 1.87 bits per heavy atom. The van der Waals surface area contributed by atoms with E-state index in [1.165, 1.54) is 37.6 Å². The second-order valence-corrected chi connectivity index (χ2v) is 7.30. The molecule has 122 valence electrons. The maximum absolute atomic E-state index is 6.39. The lowest BCUT2D eigenvalue weighted by molar-refractivity contribution is 0.163. The molecule has 3 heterocycles. The van der Waals surface area contributed by atoms with Crippen molar-refractivity contribution in [2.75, 3.05) is 24.5 Å². The molecular weight excluding hydrogens is 306 g/mol. The highest BCUT2D eigenvalue weighted by Gasteiger charge is 2.30. The van der Waals surface area contributed by atoms with Crippen LogP contribution in [0.2, 0.25) is 5.15 Å². The van der Waals surface area contributed by atoms with E-state index in [4.69, 9.17) is 11.6 Å². The highest BCUT2D eigenvalue weighted by Crippen LogP contribution is 2.30. The second-order valence-electron chi connectivity index (χ2n) is 6.94. The Bertz CT molecular complexity index is 694. The van der Waals surface area contributed by atoms with Gasteiger partial charge >= 0.3 is 0 Å². The summed E-state index contributed by atoms with van der Waals surface area (Å²) in [6, 6.07) is 11.9. The number of rotatable bonds is 2. The van der Waals surface area contributed by atoms with Gasteiger partial charge in [-0.25, -0.2) is 4.98 Å². The monoisotopic (exact) mass is 329 g/mol. The average Bonchev–Trinajstić information content (AvgIpc) is 3.01.